The van der Waals surface area contributed by atoms with Gasteiger partial charge >= 0.3 is 17.2 Å². The Labute approximate surface area is 209 Å². The standard InChI is InChI=1S/C23H48O4.H4O5P2/c1-2-3-4-5-6-7-8-9-10-11-12-13-14-15-16-17-18-22(27)23(19-24,20-25)21-26;1-6(2)5-7(3)4/h22,24-27H,2-21H2,1H3;1-4H. The Kier molecular flexibility index (Phi) is 28.6. The highest BCUT2D eigenvalue weighted by molar-refractivity contribution is 7.53. The number of hydrogen-bond acceptors (Lipinski definition) is 9. The molecule has 0 radical (unpaired) electrons. The first-order valence-corrected chi connectivity index (χ1v) is 15.2. The molecule has 0 aromatic heterocycles. The number of hydrogen-bond donors (Lipinski definition) is 8. The fraction of sp³-hybridized carbons (Fsp3) is 1.00. The molecule has 9 nitrogen and oxygen atoms in total. The van der Waals surface area contributed by atoms with Gasteiger partial charge in [-0.15, -0.1) is 0 Å². The fourth-order valence-electron chi connectivity index (χ4n) is 3.72. The molecule has 208 valence electrons. The van der Waals surface area contributed by atoms with E-state index in [1.165, 1.54) is 89.9 Å². The molecular formula is C23H52O9P2. The van der Waals surface area contributed by atoms with Crippen molar-refractivity contribution in [3.05, 3.63) is 0 Å². The summed E-state index contributed by atoms with van der Waals surface area (Å²) in [6.45, 7) is 1.10. The maximum Gasteiger partial charge on any atom is 0.334 e. The van der Waals surface area contributed by atoms with Crippen LogP contribution in [0, 0.1) is 5.41 Å². The van der Waals surface area contributed by atoms with E-state index in [2.05, 4.69) is 11.2 Å². The Morgan fingerprint density at radius 2 is 0.853 bits per heavy atom. The molecule has 8 N–H and O–H groups in total. The third kappa shape index (κ3) is 22.9. The van der Waals surface area contributed by atoms with Crippen molar-refractivity contribution in [1.82, 2.24) is 0 Å². The smallest absolute Gasteiger partial charge is 0.334 e. The van der Waals surface area contributed by atoms with Gasteiger partial charge in [0.15, 0.2) is 0 Å². The van der Waals surface area contributed by atoms with Crippen molar-refractivity contribution in [3.63, 3.8) is 0 Å². The van der Waals surface area contributed by atoms with Crippen molar-refractivity contribution in [1.29, 1.82) is 0 Å². The van der Waals surface area contributed by atoms with Gasteiger partial charge in [0.1, 0.15) is 0 Å². The molecule has 0 rings (SSSR count). The maximum absolute atomic E-state index is 10.1. The lowest BCUT2D eigenvalue weighted by Gasteiger charge is -2.32. The van der Waals surface area contributed by atoms with E-state index in [0.717, 1.165) is 12.8 Å². The van der Waals surface area contributed by atoms with Crippen molar-refractivity contribution in [2.24, 2.45) is 5.41 Å². The molecule has 34 heavy (non-hydrogen) atoms. The first-order valence-electron chi connectivity index (χ1n) is 12.8. The average molecular weight is 535 g/mol. The summed E-state index contributed by atoms with van der Waals surface area (Å²) in [6, 6.07) is 0. The van der Waals surface area contributed by atoms with E-state index in [0.29, 0.717) is 6.42 Å². The molecule has 0 aliphatic rings. The minimum atomic E-state index is -2.61. The molecule has 0 aliphatic heterocycles. The van der Waals surface area contributed by atoms with Crippen LogP contribution in [0.5, 0.6) is 0 Å². The molecule has 0 saturated carbocycles. The van der Waals surface area contributed by atoms with E-state index >= 15 is 0 Å². The SMILES string of the molecule is CCCCCCCCCCCCCCCCCCC(O)C(CO)(CO)CO.OP(O)OP(O)O. The number of unbranched alkanes of at least 4 members (excludes halogenated alkanes) is 15. The third-order valence-corrected chi connectivity index (χ3v) is 7.30. The maximum atomic E-state index is 10.1. The molecule has 1 atom stereocenters. The lowest BCUT2D eigenvalue weighted by atomic mass is 9.82. The Balaban J connectivity index is 0. The van der Waals surface area contributed by atoms with Crippen LogP contribution in [-0.2, 0) is 4.31 Å². The summed E-state index contributed by atoms with van der Waals surface area (Å²) in [7, 11) is -5.22. The highest BCUT2D eigenvalue weighted by Gasteiger charge is 2.36. The summed E-state index contributed by atoms with van der Waals surface area (Å²) < 4.78 is 3.60. The second-order valence-electron chi connectivity index (χ2n) is 9.03. The van der Waals surface area contributed by atoms with Gasteiger partial charge < -0.3 is 40.0 Å². The average Bonchev–Trinajstić information content (AvgIpc) is 2.80. The van der Waals surface area contributed by atoms with Gasteiger partial charge in [-0.05, 0) is 6.42 Å². The Bertz CT molecular complexity index is 386. The first kappa shape index (κ1) is 36.7. The van der Waals surface area contributed by atoms with Crippen LogP contribution >= 0.6 is 17.2 Å². The first-order chi connectivity index (χ1) is 16.3. The predicted octanol–water partition coefficient (Wildman–Crippen LogP) is 4.39. The zero-order chi connectivity index (χ0) is 26.1. The molecule has 0 aromatic carbocycles. The molecule has 0 spiro atoms. The summed E-state index contributed by atoms with van der Waals surface area (Å²) in [4.78, 5) is 31.3. The van der Waals surface area contributed by atoms with E-state index in [-0.39, 0.29) is 19.8 Å². The number of aliphatic hydroxyl groups is 4. The third-order valence-electron chi connectivity index (χ3n) is 6.13. The molecule has 0 aromatic rings. The summed E-state index contributed by atoms with van der Waals surface area (Å²) >= 11 is 0. The van der Waals surface area contributed by atoms with Gasteiger partial charge in [0.05, 0.1) is 31.3 Å². The highest BCUT2D eigenvalue weighted by atomic mass is 31.2. The lowest BCUT2D eigenvalue weighted by Crippen LogP contribution is -2.45. The van der Waals surface area contributed by atoms with Crippen LogP contribution in [0.25, 0.3) is 0 Å². The second kappa shape index (κ2) is 26.6. The van der Waals surface area contributed by atoms with Crippen molar-refractivity contribution in [2.75, 3.05) is 19.8 Å². The summed E-state index contributed by atoms with van der Waals surface area (Å²) in [5.74, 6) is 0. The summed E-state index contributed by atoms with van der Waals surface area (Å²) in [6.07, 6.45) is 20.6. The number of rotatable bonds is 23. The monoisotopic (exact) mass is 534 g/mol. The highest BCUT2D eigenvalue weighted by Crippen LogP contribution is 2.41. The summed E-state index contributed by atoms with van der Waals surface area (Å²) in [5, 5.41) is 38.0. The number of aliphatic hydroxyl groups excluding tert-OH is 4. The van der Waals surface area contributed by atoms with Gasteiger partial charge in [-0.3, -0.25) is 0 Å². The molecule has 0 saturated heterocycles. The molecule has 0 heterocycles. The van der Waals surface area contributed by atoms with Crippen LogP contribution in [0.15, 0.2) is 0 Å². The normalized spacial score (nSPS) is 12.8. The van der Waals surface area contributed by atoms with Crippen LogP contribution in [-0.4, -0.2) is 65.9 Å². The molecule has 0 aliphatic carbocycles. The van der Waals surface area contributed by atoms with Crippen LogP contribution in [0.1, 0.15) is 116 Å². The summed E-state index contributed by atoms with van der Waals surface area (Å²) in [5.41, 5.74) is -1.16. The van der Waals surface area contributed by atoms with Crippen molar-refractivity contribution in [3.8, 4) is 0 Å². The lowest BCUT2D eigenvalue weighted by molar-refractivity contribution is -0.0863. The molecule has 0 fully saturated rings. The van der Waals surface area contributed by atoms with Crippen molar-refractivity contribution < 1.29 is 44.3 Å². The Morgan fingerprint density at radius 1 is 0.559 bits per heavy atom. The van der Waals surface area contributed by atoms with Crippen LogP contribution in [0.2, 0.25) is 0 Å². The van der Waals surface area contributed by atoms with Gasteiger partial charge in [0.25, 0.3) is 0 Å². The molecule has 0 bridgehead atoms. The van der Waals surface area contributed by atoms with E-state index in [9.17, 15) is 20.4 Å². The molecule has 1 unspecified atom stereocenters. The van der Waals surface area contributed by atoms with E-state index < -0.39 is 28.7 Å². The minimum absolute atomic E-state index is 0.389. The predicted molar refractivity (Wildman–Crippen MR) is 138 cm³/mol. The van der Waals surface area contributed by atoms with Gasteiger partial charge in [-0.25, -0.2) is 4.31 Å². The fourth-order valence-corrected chi connectivity index (χ4v) is 4.25. The van der Waals surface area contributed by atoms with Crippen molar-refractivity contribution >= 4 is 17.2 Å². The largest absolute Gasteiger partial charge is 0.396 e. The molecule has 0 amide bonds. The molecular weight excluding hydrogens is 482 g/mol. The minimum Gasteiger partial charge on any atom is -0.396 e. The second-order valence-corrected chi connectivity index (χ2v) is 10.7. The van der Waals surface area contributed by atoms with Gasteiger partial charge in [0, 0.05) is 0 Å². The Morgan fingerprint density at radius 3 is 1.09 bits per heavy atom. The zero-order valence-electron chi connectivity index (χ0n) is 21.1. The Hall–Kier alpha value is 0.500. The van der Waals surface area contributed by atoms with Gasteiger partial charge in [-0.2, -0.15) is 0 Å². The zero-order valence-corrected chi connectivity index (χ0v) is 22.9. The van der Waals surface area contributed by atoms with E-state index in [4.69, 9.17) is 19.6 Å². The van der Waals surface area contributed by atoms with Crippen LogP contribution < -0.4 is 0 Å². The van der Waals surface area contributed by atoms with Gasteiger partial charge in [0.2, 0.25) is 0 Å². The van der Waals surface area contributed by atoms with Crippen LogP contribution in [0.3, 0.4) is 0 Å². The molecule has 11 heteroatoms. The van der Waals surface area contributed by atoms with Crippen molar-refractivity contribution in [2.45, 2.75) is 122 Å². The van der Waals surface area contributed by atoms with Gasteiger partial charge in [-0.1, -0.05) is 110 Å². The van der Waals surface area contributed by atoms with E-state index in [1.54, 1.807) is 0 Å². The topological polar surface area (TPSA) is 171 Å². The van der Waals surface area contributed by atoms with Crippen LogP contribution in [0.4, 0.5) is 0 Å². The van der Waals surface area contributed by atoms with E-state index in [1.807, 2.05) is 0 Å². The quantitative estimate of drug-likeness (QED) is 0.0699.